The second kappa shape index (κ2) is 10.3. The molecule has 0 fully saturated rings. The summed E-state index contributed by atoms with van der Waals surface area (Å²) in [5.74, 6) is 1.62. The van der Waals surface area contributed by atoms with Crippen LogP contribution in [0.1, 0.15) is 10.6 Å². The number of ether oxygens (including phenoxy) is 2. The van der Waals surface area contributed by atoms with Crippen molar-refractivity contribution in [3.63, 3.8) is 0 Å². The van der Waals surface area contributed by atoms with E-state index < -0.39 is 0 Å². The highest BCUT2D eigenvalue weighted by Gasteiger charge is 2.09. The number of nitrogens with one attached hydrogen (secondary N) is 1. The predicted molar refractivity (Wildman–Crippen MR) is 126 cm³/mol. The Morgan fingerprint density at radius 2 is 1.82 bits per heavy atom. The molecule has 8 heteroatoms. The Morgan fingerprint density at radius 3 is 2.50 bits per heavy atom. The molecule has 0 aliphatic heterocycles. The van der Waals surface area contributed by atoms with E-state index in [9.17, 15) is 0 Å². The molecule has 0 saturated carbocycles. The molecule has 0 aliphatic carbocycles. The molecule has 0 saturated heterocycles. The highest BCUT2D eigenvalue weighted by atomic mass is 127. The molecule has 0 aliphatic rings. The van der Waals surface area contributed by atoms with Crippen LogP contribution in [0.15, 0.2) is 53.5 Å². The van der Waals surface area contributed by atoms with E-state index in [0.717, 1.165) is 26.8 Å². The Balaban J connectivity index is 0.00000280. The molecule has 6 nitrogen and oxygen atoms in total. The normalized spacial score (nSPS) is 10.9. The first-order valence-electron chi connectivity index (χ1n) is 8.41. The number of rotatable bonds is 6. The molecule has 0 unspecified atom stereocenters. The minimum absolute atomic E-state index is 0. The maximum atomic E-state index is 6.03. The quantitative estimate of drug-likeness (QED) is 0.286. The number of anilines is 1. The van der Waals surface area contributed by atoms with Crippen molar-refractivity contribution in [1.29, 1.82) is 0 Å². The van der Waals surface area contributed by atoms with Crippen LogP contribution in [-0.4, -0.2) is 25.2 Å². The van der Waals surface area contributed by atoms with E-state index in [4.69, 9.17) is 15.2 Å². The first-order chi connectivity index (χ1) is 13.1. The summed E-state index contributed by atoms with van der Waals surface area (Å²) < 4.78 is 10.5. The number of aromatic nitrogens is 1. The van der Waals surface area contributed by atoms with Crippen molar-refractivity contribution in [2.24, 2.45) is 10.7 Å². The van der Waals surface area contributed by atoms with Crippen LogP contribution in [0.25, 0.3) is 10.6 Å². The molecule has 3 N–H and O–H groups in total. The third-order valence-corrected chi connectivity index (χ3v) is 5.15. The topological polar surface area (TPSA) is 81.8 Å². The summed E-state index contributed by atoms with van der Waals surface area (Å²) in [4.78, 5) is 10.2. The largest absolute Gasteiger partial charge is 0.493 e. The highest BCUT2D eigenvalue weighted by Crippen LogP contribution is 2.30. The number of aryl methyl sites for hydroxylation is 1. The Kier molecular flexibility index (Phi) is 8.06. The molecular formula is C20H23IN4O2S. The Hall–Kier alpha value is -2.33. The van der Waals surface area contributed by atoms with Crippen molar-refractivity contribution in [3.8, 4) is 22.1 Å². The predicted octanol–water partition coefficient (Wildman–Crippen LogP) is 4.68. The van der Waals surface area contributed by atoms with Gasteiger partial charge in [-0.2, -0.15) is 0 Å². The number of hydrogen-bond acceptors (Lipinski definition) is 5. The zero-order valence-electron chi connectivity index (χ0n) is 15.9. The number of nitrogens with two attached hydrogens (primary N) is 1. The van der Waals surface area contributed by atoms with Crippen LogP contribution in [0.5, 0.6) is 11.5 Å². The number of aliphatic imine (C=N–C) groups is 1. The van der Waals surface area contributed by atoms with Gasteiger partial charge in [-0.3, -0.25) is 0 Å². The van der Waals surface area contributed by atoms with E-state index in [1.165, 1.54) is 0 Å². The molecule has 2 aromatic carbocycles. The lowest BCUT2D eigenvalue weighted by Gasteiger charge is -2.10. The van der Waals surface area contributed by atoms with Crippen molar-refractivity contribution < 1.29 is 9.47 Å². The summed E-state index contributed by atoms with van der Waals surface area (Å²) in [6.07, 6.45) is 0. The summed E-state index contributed by atoms with van der Waals surface area (Å²) in [5, 5.41) is 4.06. The van der Waals surface area contributed by atoms with Crippen LogP contribution in [0.4, 0.5) is 5.69 Å². The minimum Gasteiger partial charge on any atom is -0.493 e. The van der Waals surface area contributed by atoms with Crippen LogP contribution >= 0.6 is 35.3 Å². The van der Waals surface area contributed by atoms with Crippen molar-refractivity contribution in [3.05, 3.63) is 59.1 Å². The molecule has 0 amide bonds. The van der Waals surface area contributed by atoms with Gasteiger partial charge < -0.3 is 20.5 Å². The van der Waals surface area contributed by atoms with E-state index in [-0.39, 0.29) is 24.0 Å². The van der Waals surface area contributed by atoms with E-state index in [1.54, 1.807) is 25.6 Å². The van der Waals surface area contributed by atoms with Gasteiger partial charge in [0.2, 0.25) is 0 Å². The van der Waals surface area contributed by atoms with Gasteiger partial charge in [0.1, 0.15) is 5.01 Å². The minimum atomic E-state index is 0. The summed E-state index contributed by atoms with van der Waals surface area (Å²) in [5.41, 5.74) is 8.89. The number of methoxy groups -OCH3 is 2. The van der Waals surface area contributed by atoms with Gasteiger partial charge >= 0.3 is 0 Å². The second-order valence-electron chi connectivity index (χ2n) is 5.79. The average Bonchev–Trinajstić information content (AvgIpc) is 3.07. The molecule has 3 aromatic rings. The summed E-state index contributed by atoms with van der Waals surface area (Å²) >= 11 is 1.63. The van der Waals surface area contributed by atoms with Crippen LogP contribution < -0.4 is 20.5 Å². The molecule has 148 valence electrons. The lowest BCUT2D eigenvalue weighted by Crippen LogP contribution is -2.22. The van der Waals surface area contributed by atoms with Crippen molar-refractivity contribution in [2.75, 3.05) is 19.5 Å². The number of benzene rings is 2. The van der Waals surface area contributed by atoms with Gasteiger partial charge in [-0.1, -0.05) is 30.3 Å². The molecule has 1 aromatic heterocycles. The van der Waals surface area contributed by atoms with Crippen LogP contribution in [0.3, 0.4) is 0 Å². The number of halogens is 1. The third-order valence-electron chi connectivity index (χ3n) is 3.96. The molecule has 0 bridgehead atoms. The molecular weight excluding hydrogens is 487 g/mol. The van der Waals surface area contributed by atoms with E-state index in [2.05, 4.69) is 27.4 Å². The Bertz CT molecular complexity index is 945. The SMILES string of the molecule is COc1ccc(NC(N)=NCc2sc(-c3ccccc3)nc2C)cc1OC.I. The first-order valence-corrected chi connectivity index (χ1v) is 9.23. The van der Waals surface area contributed by atoms with Crippen molar-refractivity contribution >= 4 is 47.0 Å². The first kappa shape index (κ1) is 22.0. The summed E-state index contributed by atoms with van der Waals surface area (Å²) in [6.45, 7) is 2.47. The number of thiazole rings is 1. The van der Waals surface area contributed by atoms with Crippen molar-refractivity contribution in [1.82, 2.24) is 4.98 Å². The third kappa shape index (κ3) is 5.35. The van der Waals surface area contributed by atoms with Gasteiger partial charge in [0, 0.05) is 22.2 Å². The van der Waals surface area contributed by atoms with E-state index >= 15 is 0 Å². The fourth-order valence-corrected chi connectivity index (χ4v) is 3.53. The molecule has 1 heterocycles. The maximum Gasteiger partial charge on any atom is 0.193 e. The van der Waals surface area contributed by atoms with Gasteiger partial charge in [-0.05, 0) is 19.1 Å². The molecule has 28 heavy (non-hydrogen) atoms. The monoisotopic (exact) mass is 510 g/mol. The molecule has 0 atom stereocenters. The van der Waals surface area contributed by atoms with Crippen molar-refractivity contribution in [2.45, 2.75) is 13.5 Å². The van der Waals surface area contributed by atoms with Crippen LogP contribution in [0, 0.1) is 6.92 Å². The lowest BCUT2D eigenvalue weighted by molar-refractivity contribution is 0.355. The van der Waals surface area contributed by atoms with Crippen LogP contribution in [-0.2, 0) is 6.54 Å². The van der Waals surface area contributed by atoms with Gasteiger partial charge in [-0.15, -0.1) is 35.3 Å². The van der Waals surface area contributed by atoms with E-state index in [0.29, 0.717) is 24.0 Å². The molecule has 3 rings (SSSR count). The van der Waals surface area contributed by atoms with E-state index in [1.807, 2.05) is 43.3 Å². The Morgan fingerprint density at radius 1 is 1.11 bits per heavy atom. The number of nitrogens with zero attached hydrogens (tertiary/aromatic N) is 2. The number of hydrogen-bond donors (Lipinski definition) is 2. The van der Waals surface area contributed by atoms with Gasteiger partial charge in [0.05, 0.1) is 26.5 Å². The second-order valence-corrected chi connectivity index (χ2v) is 6.87. The lowest BCUT2D eigenvalue weighted by atomic mass is 10.2. The van der Waals surface area contributed by atoms with Gasteiger partial charge in [0.15, 0.2) is 17.5 Å². The molecule has 0 radical (unpaired) electrons. The standard InChI is InChI=1S/C20H22N4O2S.HI/c1-13-18(27-19(23-13)14-7-5-4-6-8-14)12-22-20(21)24-15-9-10-16(25-2)17(11-15)26-3;/h4-11H,12H2,1-3H3,(H3,21,22,24);1H. The fourth-order valence-electron chi connectivity index (χ4n) is 2.54. The zero-order chi connectivity index (χ0) is 19.2. The average molecular weight is 510 g/mol. The Labute approximate surface area is 185 Å². The van der Waals surface area contributed by atoms with Gasteiger partial charge in [0.25, 0.3) is 0 Å². The maximum absolute atomic E-state index is 6.03. The zero-order valence-corrected chi connectivity index (χ0v) is 19.1. The fraction of sp³-hybridized carbons (Fsp3) is 0.200. The highest BCUT2D eigenvalue weighted by molar-refractivity contribution is 14.0. The summed E-state index contributed by atoms with van der Waals surface area (Å²) in [6, 6.07) is 15.6. The number of guanidine groups is 1. The van der Waals surface area contributed by atoms with Gasteiger partial charge in [-0.25, -0.2) is 9.98 Å². The van der Waals surface area contributed by atoms with Crippen LogP contribution in [0.2, 0.25) is 0 Å². The molecule has 0 spiro atoms. The smallest absolute Gasteiger partial charge is 0.193 e. The summed E-state index contributed by atoms with van der Waals surface area (Å²) in [7, 11) is 3.19.